The van der Waals surface area contributed by atoms with Crippen molar-refractivity contribution in [1.29, 1.82) is 0 Å². The summed E-state index contributed by atoms with van der Waals surface area (Å²) in [5.41, 5.74) is -0.460. The highest BCUT2D eigenvalue weighted by Crippen LogP contribution is 2.10. The van der Waals surface area contributed by atoms with Gasteiger partial charge in [-0.25, -0.2) is 14.8 Å². The number of carbonyl (C=O) groups is 1. The lowest BCUT2D eigenvalue weighted by molar-refractivity contribution is 0.0131. The molecule has 0 aliphatic carbocycles. The highest BCUT2D eigenvalue weighted by molar-refractivity contribution is 5.90. The summed E-state index contributed by atoms with van der Waals surface area (Å²) in [7, 11) is 0. The van der Waals surface area contributed by atoms with Crippen LogP contribution in [0.3, 0.4) is 0 Å². The molecular weight excluding hydrogens is 250 g/mol. The first-order chi connectivity index (χ1) is 8.89. The number of nitrogens with zero attached hydrogens (tertiary/aromatic N) is 2. The molecule has 0 amide bonds. The molecule has 3 N–H and O–H groups in total. The van der Waals surface area contributed by atoms with Gasteiger partial charge >= 0.3 is 5.97 Å². The Hall–Kier alpha value is -1.73. The van der Waals surface area contributed by atoms with E-state index in [2.05, 4.69) is 15.3 Å². The van der Waals surface area contributed by atoms with Crippen molar-refractivity contribution < 1.29 is 19.7 Å². The number of esters is 1. The van der Waals surface area contributed by atoms with Crippen LogP contribution in [0.2, 0.25) is 0 Å². The van der Waals surface area contributed by atoms with Gasteiger partial charge in [-0.2, -0.15) is 0 Å². The number of ether oxygens (including phenoxy) is 1. The Labute approximate surface area is 111 Å². The Bertz CT molecular complexity index is 449. The van der Waals surface area contributed by atoms with E-state index in [1.807, 2.05) is 0 Å². The lowest BCUT2D eigenvalue weighted by atomic mass is 10.1. The second-order valence-corrected chi connectivity index (χ2v) is 4.42. The van der Waals surface area contributed by atoms with E-state index in [1.165, 1.54) is 13.1 Å². The summed E-state index contributed by atoms with van der Waals surface area (Å²) >= 11 is 0. The van der Waals surface area contributed by atoms with Gasteiger partial charge in [0.25, 0.3) is 0 Å². The Morgan fingerprint density at radius 2 is 2.26 bits per heavy atom. The molecular formula is C12H19N3O4. The van der Waals surface area contributed by atoms with E-state index in [0.29, 0.717) is 11.3 Å². The van der Waals surface area contributed by atoms with Gasteiger partial charge in [0.1, 0.15) is 5.60 Å². The Kier molecular flexibility index (Phi) is 5.20. The Balaban J connectivity index is 2.74. The van der Waals surface area contributed by atoms with E-state index < -0.39 is 11.6 Å². The molecule has 0 fully saturated rings. The number of anilines is 1. The molecule has 0 aliphatic heterocycles. The molecule has 1 heterocycles. The number of aliphatic hydroxyl groups is 2. The summed E-state index contributed by atoms with van der Waals surface area (Å²) in [6.45, 7) is 4.89. The molecule has 1 unspecified atom stereocenters. The maximum absolute atomic E-state index is 11.5. The van der Waals surface area contributed by atoms with Crippen molar-refractivity contribution in [2.75, 3.05) is 25.1 Å². The van der Waals surface area contributed by atoms with Gasteiger partial charge in [0.15, 0.2) is 0 Å². The van der Waals surface area contributed by atoms with Crippen LogP contribution >= 0.6 is 0 Å². The number of nitrogens with one attached hydrogen (secondary N) is 1. The fourth-order valence-electron chi connectivity index (χ4n) is 1.29. The summed E-state index contributed by atoms with van der Waals surface area (Å²) in [6.07, 6.45) is 1.37. The lowest BCUT2D eigenvalue weighted by Crippen LogP contribution is -2.37. The Morgan fingerprint density at radius 1 is 1.58 bits per heavy atom. The maximum Gasteiger partial charge on any atom is 0.341 e. The monoisotopic (exact) mass is 269 g/mol. The molecule has 1 atom stereocenters. The van der Waals surface area contributed by atoms with Gasteiger partial charge in [0.2, 0.25) is 5.95 Å². The summed E-state index contributed by atoms with van der Waals surface area (Å²) in [4.78, 5) is 19.6. The smallest absolute Gasteiger partial charge is 0.341 e. The molecule has 19 heavy (non-hydrogen) atoms. The number of rotatable bonds is 6. The minimum Gasteiger partial charge on any atom is -0.462 e. The third-order valence-electron chi connectivity index (χ3n) is 2.44. The van der Waals surface area contributed by atoms with E-state index in [0.717, 1.165) is 0 Å². The third-order valence-corrected chi connectivity index (χ3v) is 2.44. The van der Waals surface area contributed by atoms with E-state index >= 15 is 0 Å². The van der Waals surface area contributed by atoms with Gasteiger partial charge in [-0.1, -0.05) is 0 Å². The molecule has 1 rings (SSSR count). The van der Waals surface area contributed by atoms with Crippen molar-refractivity contribution in [2.45, 2.75) is 26.4 Å². The minimum atomic E-state index is -1.25. The number of aromatic nitrogens is 2. The lowest BCUT2D eigenvalue weighted by Gasteiger charge is -2.20. The predicted molar refractivity (Wildman–Crippen MR) is 68.9 cm³/mol. The topological polar surface area (TPSA) is 105 Å². The van der Waals surface area contributed by atoms with Crippen molar-refractivity contribution in [3.63, 3.8) is 0 Å². The van der Waals surface area contributed by atoms with Gasteiger partial charge in [0.05, 0.1) is 24.5 Å². The molecule has 1 aromatic rings. The molecule has 106 valence electrons. The number of hydrogen-bond acceptors (Lipinski definition) is 7. The van der Waals surface area contributed by atoms with Crippen LogP contribution in [0.5, 0.6) is 0 Å². The van der Waals surface area contributed by atoms with Gasteiger partial charge in [0, 0.05) is 12.7 Å². The van der Waals surface area contributed by atoms with Crippen LogP contribution < -0.4 is 5.32 Å². The number of aliphatic hydroxyl groups excluding tert-OH is 1. The van der Waals surface area contributed by atoms with Gasteiger partial charge < -0.3 is 20.3 Å². The van der Waals surface area contributed by atoms with Crippen LogP contribution in [-0.2, 0) is 4.74 Å². The molecule has 1 aromatic heterocycles. The van der Waals surface area contributed by atoms with Gasteiger partial charge in [-0.3, -0.25) is 0 Å². The second kappa shape index (κ2) is 6.44. The van der Waals surface area contributed by atoms with Crippen molar-refractivity contribution in [1.82, 2.24) is 9.97 Å². The van der Waals surface area contributed by atoms with Crippen molar-refractivity contribution in [2.24, 2.45) is 0 Å². The van der Waals surface area contributed by atoms with E-state index in [1.54, 1.807) is 13.8 Å². The molecule has 0 radical (unpaired) electrons. The quantitative estimate of drug-likeness (QED) is 0.630. The molecule has 0 bridgehead atoms. The van der Waals surface area contributed by atoms with Crippen LogP contribution in [0.1, 0.15) is 29.9 Å². The first kappa shape index (κ1) is 15.3. The fraction of sp³-hybridized carbons (Fsp3) is 0.583. The Morgan fingerprint density at radius 3 is 2.79 bits per heavy atom. The van der Waals surface area contributed by atoms with Crippen LogP contribution in [0, 0.1) is 6.92 Å². The molecule has 0 aromatic carbocycles. The number of hydrogen-bond donors (Lipinski definition) is 3. The highest BCUT2D eigenvalue weighted by atomic mass is 16.5. The predicted octanol–water partition coefficient (Wildman–Crippen LogP) is 0.117. The SMILES string of the molecule is CCOC(=O)c1cnc(NCC(C)(O)CO)nc1C. The normalized spacial score (nSPS) is 13.7. The zero-order valence-corrected chi connectivity index (χ0v) is 11.3. The number of carbonyl (C=O) groups excluding carboxylic acids is 1. The largest absolute Gasteiger partial charge is 0.462 e. The van der Waals surface area contributed by atoms with Gasteiger partial charge in [-0.05, 0) is 20.8 Å². The summed E-state index contributed by atoms with van der Waals surface area (Å²) in [5, 5.41) is 21.3. The standard InChI is InChI=1S/C12H19N3O4/c1-4-19-10(17)9-5-13-11(15-8(9)2)14-6-12(3,18)7-16/h5,16,18H,4,6-7H2,1-3H3,(H,13,14,15). The average molecular weight is 269 g/mol. The molecule has 7 nitrogen and oxygen atoms in total. The number of aryl methyl sites for hydroxylation is 1. The zero-order valence-electron chi connectivity index (χ0n) is 11.3. The fourth-order valence-corrected chi connectivity index (χ4v) is 1.29. The molecule has 0 saturated carbocycles. The van der Waals surface area contributed by atoms with Crippen molar-refractivity contribution in [3.05, 3.63) is 17.5 Å². The maximum atomic E-state index is 11.5. The van der Waals surface area contributed by atoms with E-state index in [4.69, 9.17) is 9.84 Å². The van der Waals surface area contributed by atoms with Crippen LogP contribution in [0.15, 0.2) is 6.20 Å². The average Bonchev–Trinajstić information content (AvgIpc) is 2.37. The summed E-state index contributed by atoms with van der Waals surface area (Å²) in [6, 6.07) is 0. The second-order valence-electron chi connectivity index (χ2n) is 4.42. The molecule has 7 heteroatoms. The third kappa shape index (κ3) is 4.46. The minimum absolute atomic E-state index is 0.0989. The van der Waals surface area contributed by atoms with E-state index in [9.17, 15) is 9.90 Å². The molecule has 0 saturated heterocycles. The van der Waals surface area contributed by atoms with Crippen LogP contribution in [-0.4, -0.2) is 51.5 Å². The first-order valence-electron chi connectivity index (χ1n) is 5.97. The van der Waals surface area contributed by atoms with Crippen molar-refractivity contribution in [3.8, 4) is 0 Å². The zero-order chi connectivity index (χ0) is 14.5. The van der Waals surface area contributed by atoms with E-state index in [-0.39, 0.29) is 25.7 Å². The first-order valence-corrected chi connectivity index (χ1v) is 5.97. The van der Waals surface area contributed by atoms with Crippen LogP contribution in [0.4, 0.5) is 5.95 Å². The summed E-state index contributed by atoms with van der Waals surface area (Å²) in [5.74, 6) is -0.187. The van der Waals surface area contributed by atoms with Crippen LogP contribution in [0.25, 0.3) is 0 Å². The summed E-state index contributed by atoms with van der Waals surface area (Å²) < 4.78 is 4.87. The van der Waals surface area contributed by atoms with Gasteiger partial charge in [-0.15, -0.1) is 0 Å². The molecule has 0 spiro atoms. The highest BCUT2D eigenvalue weighted by Gasteiger charge is 2.19. The molecule has 0 aliphatic rings. The van der Waals surface area contributed by atoms with Crippen molar-refractivity contribution >= 4 is 11.9 Å².